The normalized spacial score (nSPS) is 13.3. The maximum absolute atomic E-state index is 11.4. The highest BCUT2D eigenvalue weighted by molar-refractivity contribution is 9.10. The molecule has 2 rings (SSSR count). The number of fused-ring (bicyclic) bond motifs is 1. The number of ether oxygens (including phenoxy) is 3. The fraction of sp³-hybridized carbons (Fsp3) is 0.364. The monoisotopic (exact) mass is 286 g/mol. The zero-order valence-electron chi connectivity index (χ0n) is 9.00. The highest BCUT2D eigenvalue weighted by Crippen LogP contribution is 2.42. The smallest absolute Gasteiger partial charge is 0.339 e. The second kappa shape index (κ2) is 4.33. The molecule has 0 unspecified atom stereocenters. The Morgan fingerprint density at radius 2 is 2.31 bits per heavy atom. The number of methoxy groups -OCH3 is 1. The second-order valence-electron chi connectivity index (χ2n) is 3.26. The summed E-state index contributed by atoms with van der Waals surface area (Å²) in [5, 5.41) is 0. The fourth-order valence-corrected chi connectivity index (χ4v) is 2.25. The summed E-state index contributed by atoms with van der Waals surface area (Å²) in [6.45, 7) is 2.70. The maximum atomic E-state index is 11.4. The second-order valence-corrected chi connectivity index (χ2v) is 4.05. The number of benzene rings is 1. The molecule has 1 aromatic carbocycles. The maximum Gasteiger partial charge on any atom is 0.339 e. The molecule has 0 fully saturated rings. The van der Waals surface area contributed by atoms with Gasteiger partial charge in [-0.2, -0.15) is 0 Å². The third-order valence-corrected chi connectivity index (χ3v) is 3.20. The lowest BCUT2D eigenvalue weighted by Crippen LogP contribution is -2.00. The van der Waals surface area contributed by atoms with E-state index in [0.717, 1.165) is 10.0 Å². The Hall–Kier alpha value is -1.23. The van der Waals surface area contributed by atoms with E-state index < -0.39 is 0 Å². The van der Waals surface area contributed by atoms with Crippen LogP contribution in [0, 0.1) is 0 Å². The molecule has 5 heteroatoms. The molecule has 0 amide bonds. The number of cyclic esters (lactones) is 1. The molecule has 1 heterocycles. The van der Waals surface area contributed by atoms with Crippen molar-refractivity contribution >= 4 is 21.9 Å². The van der Waals surface area contributed by atoms with Gasteiger partial charge in [0.1, 0.15) is 6.61 Å². The molecule has 0 aromatic heterocycles. The summed E-state index contributed by atoms with van der Waals surface area (Å²) in [5.41, 5.74) is 1.35. The zero-order valence-corrected chi connectivity index (χ0v) is 10.6. The predicted octanol–water partition coefficient (Wildman–Crippen LogP) is 2.53. The molecule has 1 aliphatic heterocycles. The molecule has 0 spiro atoms. The lowest BCUT2D eigenvalue weighted by molar-refractivity contribution is 0.0534. The first-order valence-corrected chi connectivity index (χ1v) is 5.67. The molecule has 0 N–H and O–H groups in total. The van der Waals surface area contributed by atoms with Gasteiger partial charge in [0.05, 0.1) is 23.8 Å². The van der Waals surface area contributed by atoms with E-state index >= 15 is 0 Å². The molecule has 1 aromatic rings. The van der Waals surface area contributed by atoms with Crippen LogP contribution < -0.4 is 9.47 Å². The van der Waals surface area contributed by atoms with E-state index in [-0.39, 0.29) is 12.6 Å². The van der Waals surface area contributed by atoms with Crippen molar-refractivity contribution in [3.05, 3.63) is 21.7 Å². The summed E-state index contributed by atoms with van der Waals surface area (Å²) in [6, 6.07) is 1.65. The summed E-state index contributed by atoms with van der Waals surface area (Å²) < 4.78 is 16.4. The van der Waals surface area contributed by atoms with Crippen LogP contribution >= 0.6 is 15.9 Å². The van der Waals surface area contributed by atoms with Gasteiger partial charge in [-0.1, -0.05) is 0 Å². The van der Waals surface area contributed by atoms with Crippen LogP contribution in [0.25, 0.3) is 0 Å². The van der Waals surface area contributed by atoms with Gasteiger partial charge in [-0.3, -0.25) is 0 Å². The first kappa shape index (κ1) is 11.3. The van der Waals surface area contributed by atoms with Gasteiger partial charge in [0.15, 0.2) is 11.5 Å². The quantitative estimate of drug-likeness (QED) is 0.801. The van der Waals surface area contributed by atoms with Gasteiger partial charge in [0, 0.05) is 5.56 Å². The molecule has 0 bridgehead atoms. The summed E-state index contributed by atoms with van der Waals surface area (Å²) in [6.07, 6.45) is 0. The SMILES string of the molecule is CCOc1c(OC)cc2c(c1Br)COC2=O. The topological polar surface area (TPSA) is 44.8 Å². The van der Waals surface area contributed by atoms with Gasteiger partial charge in [-0.15, -0.1) is 0 Å². The van der Waals surface area contributed by atoms with Gasteiger partial charge in [0.2, 0.25) is 0 Å². The average Bonchev–Trinajstić information content (AvgIpc) is 2.64. The van der Waals surface area contributed by atoms with Crippen molar-refractivity contribution in [3.63, 3.8) is 0 Å². The third kappa shape index (κ3) is 1.65. The predicted molar refractivity (Wildman–Crippen MR) is 61.0 cm³/mol. The van der Waals surface area contributed by atoms with Crippen molar-refractivity contribution < 1.29 is 19.0 Å². The van der Waals surface area contributed by atoms with Crippen LogP contribution in [0.3, 0.4) is 0 Å². The zero-order chi connectivity index (χ0) is 11.7. The highest BCUT2D eigenvalue weighted by atomic mass is 79.9. The van der Waals surface area contributed by atoms with E-state index in [4.69, 9.17) is 14.2 Å². The van der Waals surface area contributed by atoms with Crippen molar-refractivity contribution in [1.82, 2.24) is 0 Å². The summed E-state index contributed by atoms with van der Waals surface area (Å²) >= 11 is 3.42. The fourth-order valence-electron chi connectivity index (χ4n) is 1.62. The molecule has 16 heavy (non-hydrogen) atoms. The van der Waals surface area contributed by atoms with E-state index in [2.05, 4.69) is 15.9 Å². The third-order valence-electron chi connectivity index (χ3n) is 2.36. The van der Waals surface area contributed by atoms with E-state index in [1.807, 2.05) is 6.92 Å². The van der Waals surface area contributed by atoms with Crippen LogP contribution in [0.4, 0.5) is 0 Å². The van der Waals surface area contributed by atoms with Crippen LogP contribution in [-0.2, 0) is 11.3 Å². The Kier molecular flexibility index (Phi) is 3.05. The molecule has 0 saturated carbocycles. The molecule has 1 aliphatic rings. The molecule has 0 saturated heterocycles. The van der Waals surface area contributed by atoms with Crippen molar-refractivity contribution in [1.29, 1.82) is 0 Å². The molecular weight excluding hydrogens is 276 g/mol. The van der Waals surface area contributed by atoms with Gasteiger partial charge in [-0.25, -0.2) is 4.79 Å². The first-order chi connectivity index (χ1) is 7.69. The van der Waals surface area contributed by atoms with E-state index in [1.54, 1.807) is 6.07 Å². The first-order valence-electron chi connectivity index (χ1n) is 4.88. The van der Waals surface area contributed by atoms with Crippen molar-refractivity contribution in [2.75, 3.05) is 13.7 Å². The van der Waals surface area contributed by atoms with Gasteiger partial charge < -0.3 is 14.2 Å². The van der Waals surface area contributed by atoms with Crippen LogP contribution in [0.2, 0.25) is 0 Å². The minimum Gasteiger partial charge on any atom is -0.493 e. The molecular formula is C11H11BrO4. The number of rotatable bonds is 3. The van der Waals surface area contributed by atoms with Crippen LogP contribution in [0.1, 0.15) is 22.8 Å². The van der Waals surface area contributed by atoms with E-state index in [9.17, 15) is 4.79 Å². The highest BCUT2D eigenvalue weighted by Gasteiger charge is 2.28. The standard InChI is InChI=1S/C11H11BrO4/c1-3-15-10-8(14-2)4-6-7(9(10)12)5-16-11(6)13/h4H,3,5H2,1-2H3. The lowest BCUT2D eigenvalue weighted by Gasteiger charge is -2.13. The summed E-state index contributed by atoms with van der Waals surface area (Å²) in [7, 11) is 1.54. The lowest BCUT2D eigenvalue weighted by atomic mass is 10.1. The number of esters is 1. The Labute approximate surface area is 102 Å². The van der Waals surface area contributed by atoms with Gasteiger partial charge >= 0.3 is 5.97 Å². The number of halogens is 1. The van der Waals surface area contributed by atoms with Crippen LogP contribution in [-0.4, -0.2) is 19.7 Å². The molecule has 0 radical (unpaired) electrons. The Balaban J connectivity index is 2.59. The average molecular weight is 287 g/mol. The molecule has 0 atom stereocenters. The minimum absolute atomic E-state index is 0.277. The van der Waals surface area contributed by atoms with Gasteiger partial charge in [0.25, 0.3) is 0 Å². The van der Waals surface area contributed by atoms with Crippen molar-refractivity contribution in [3.8, 4) is 11.5 Å². The number of hydrogen-bond donors (Lipinski definition) is 0. The molecule has 0 aliphatic carbocycles. The van der Waals surface area contributed by atoms with E-state index in [0.29, 0.717) is 23.7 Å². The van der Waals surface area contributed by atoms with Crippen LogP contribution in [0.15, 0.2) is 10.5 Å². The number of hydrogen-bond acceptors (Lipinski definition) is 4. The number of carbonyl (C=O) groups excluding carboxylic acids is 1. The molecule has 86 valence electrons. The molecule has 4 nitrogen and oxygen atoms in total. The number of carbonyl (C=O) groups is 1. The van der Waals surface area contributed by atoms with Crippen molar-refractivity contribution in [2.45, 2.75) is 13.5 Å². The largest absolute Gasteiger partial charge is 0.493 e. The van der Waals surface area contributed by atoms with Crippen LogP contribution in [0.5, 0.6) is 11.5 Å². The summed E-state index contributed by atoms with van der Waals surface area (Å²) in [5.74, 6) is 0.824. The summed E-state index contributed by atoms with van der Waals surface area (Å²) in [4.78, 5) is 11.4. The Bertz CT molecular complexity index is 442. The van der Waals surface area contributed by atoms with E-state index in [1.165, 1.54) is 7.11 Å². The van der Waals surface area contributed by atoms with Crippen molar-refractivity contribution in [2.24, 2.45) is 0 Å². The minimum atomic E-state index is -0.322. The Morgan fingerprint density at radius 3 is 2.94 bits per heavy atom. The van der Waals surface area contributed by atoms with Gasteiger partial charge in [-0.05, 0) is 28.9 Å². The Morgan fingerprint density at radius 1 is 1.56 bits per heavy atom.